The number of rotatable bonds is 5. The molecule has 0 aromatic heterocycles. The number of benzene rings is 1. The van der Waals surface area contributed by atoms with Crippen LogP contribution < -0.4 is 10.1 Å². The molecule has 1 fully saturated rings. The van der Waals surface area contributed by atoms with Gasteiger partial charge < -0.3 is 4.74 Å². The fourth-order valence-electron chi connectivity index (χ4n) is 2.07. The van der Waals surface area contributed by atoms with Crippen molar-refractivity contribution in [1.82, 2.24) is 10.2 Å². The average molecular weight is 276 g/mol. The van der Waals surface area contributed by atoms with Crippen molar-refractivity contribution in [1.29, 1.82) is 0 Å². The van der Waals surface area contributed by atoms with E-state index in [1.165, 1.54) is 4.90 Å². The summed E-state index contributed by atoms with van der Waals surface area (Å²) in [7, 11) is 0. The smallest absolute Gasteiger partial charge is 0.248 e. The molecular formula is C15H20N2O3. The van der Waals surface area contributed by atoms with E-state index in [0.717, 1.165) is 5.75 Å². The Morgan fingerprint density at radius 1 is 1.25 bits per heavy atom. The number of para-hydroxylation sites is 1. The number of nitrogens with zero attached hydrogens (tertiary/aromatic N) is 1. The highest BCUT2D eigenvalue weighted by molar-refractivity contribution is 6.02. The number of hydrogen-bond donors (Lipinski definition) is 1. The molecule has 108 valence electrons. The second-order valence-corrected chi connectivity index (χ2v) is 5.34. The highest BCUT2D eigenvalue weighted by Crippen LogP contribution is 2.14. The largest absolute Gasteiger partial charge is 0.494 e. The van der Waals surface area contributed by atoms with Gasteiger partial charge in [-0.25, -0.2) is 0 Å². The molecule has 1 aliphatic rings. The van der Waals surface area contributed by atoms with Gasteiger partial charge in [0.2, 0.25) is 11.8 Å². The maximum Gasteiger partial charge on any atom is 0.248 e. The predicted octanol–water partition coefficient (Wildman–Crippen LogP) is 1.19. The van der Waals surface area contributed by atoms with Gasteiger partial charge in [-0.3, -0.25) is 19.8 Å². The summed E-state index contributed by atoms with van der Waals surface area (Å²) in [5.74, 6) is 0.452. The summed E-state index contributed by atoms with van der Waals surface area (Å²) in [4.78, 5) is 25.2. The van der Waals surface area contributed by atoms with E-state index in [1.807, 2.05) is 30.3 Å². The summed E-state index contributed by atoms with van der Waals surface area (Å²) in [6, 6.07) is 9.49. The van der Waals surface area contributed by atoms with E-state index < -0.39 is 5.54 Å². The van der Waals surface area contributed by atoms with Crippen molar-refractivity contribution in [3.8, 4) is 5.75 Å². The quantitative estimate of drug-likeness (QED) is 0.648. The monoisotopic (exact) mass is 276 g/mol. The Morgan fingerprint density at radius 3 is 2.65 bits per heavy atom. The van der Waals surface area contributed by atoms with Crippen LogP contribution in [0.1, 0.15) is 20.3 Å². The average Bonchev–Trinajstić information content (AvgIpc) is 2.44. The number of amides is 2. The molecule has 20 heavy (non-hydrogen) atoms. The highest BCUT2D eigenvalue weighted by atomic mass is 16.5. The second-order valence-electron chi connectivity index (χ2n) is 5.34. The maximum absolute atomic E-state index is 12.1. The van der Waals surface area contributed by atoms with Crippen LogP contribution in [0.2, 0.25) is 0 Å². The lowest BCUT2D eigenvalue weighted by Gasteiger charge is -2.36. The van der Waals surface area contributed by atoms with Gasteiger partial charge in [0.05, 0.1) is 18.7 Å². The topological polar surface area (TPSA) is 58.6 Å². The molecule has 1 aromatic carbocycles. The summed E-state index contributed by atoms with van der Waals surface area (Å²) in [6.45, 7) is 4.66. The van der Waals surface area contributed by atoms with E-state index >= 15 is 0 Å². The second kappa shape index (κ2) is 6.05. The van der Waals surface area contributed by atoms with E-state index in [9.17, 15) is 9.59 Å². The van der Waals surface area contributed by atoms with Gasteiger partial charge in [-0.05, 0) is 32.4 Å². The van der Waals surface area contributed by atoms with Crippen LogP contribution >= 0.6 is 0 Å². The van der Waals surface area contributed by atoms with Crippen molar-refractivity contribution in [3.63, 3.8) is 0 Å². The lowest BCUT2D eigenvalue weighted by molar-refractivity contribution is -0.152. The van der Waals surface area contributed by atoms with Crippen molar-refractivity contribution < 1.29 is 14.3 Å². The molecular weight excluding hydrogens is 256 g/mol. The van der Waals surface area contributed by atoms with Gasteiger partial charge in [0.15, 0.2) is 0 Å². The summed E-state index contributed by atoms with van der Waals surface area (Å²) >= 11 is 0. The third-order valence-corrected chi connectivity index (χ3v) is 3.30. The molecule has 5 nitrogen and oxygen atoms in total. The van der Waals surface area contributed by atoms with Crippen molar-refractivity contribution >= 4 is 11.8 Å². The normalized spacial score (nSPS) is 18.2. The maximum atomic E-state index is 12.1. The molecule has 1 heterocycles. The molecule has 1 N–H and O–H groups in total. The molecule has 1 aromatic rings. The van der Waals surface area contributed by atoms with Gasteiger partial charge in [-0.2, -0.15) is 0 Å². The number of ether oxygens (including phenoxy) is 1. The van der Waals surface area contributed by atoms with Gasteiger partial charge in [0.25, 0.3) is 0 Å². The Labute approximate surface area is 118 Å². The van der Waals surface area contributed by atoms with E-state index in [-0.39, 0.29) is 18.4 Å². The highest BCUT2D eigenvalue weighted by Gasteiger charge is 2.39. The third-order valence-electron chi connectivity index (χ3n) is 3.30. The van der Waals surface area contributed by atoms with Gasteiger partial charge in [0, 0.05) is 6.54 Å². The van der Waals surface area contributed by atoms with E-state index in [1.54, 1.807) is 13.8 Å². The summed E-state index contributed by atoms with van der Waals surface area (Å²) in [5.41, 5.74) is -0.672. The van der Waals surface area contributed by atoms with Gasteiger partial charge in [-0.15, -0.1) is 0 Å². The first-order valence-electron chi connectivity index (χ1n) is 6.78. The van der Waals surface area contributed by atoms with Crippen LogP contribution in [0.4, 0.5) is 0 Å². The molecule has 0 spiro atoms. The zero-order valence-corrected chi connectivity index (χ0v) is 11.9. The minimum atomic E-state index is -0.672. The molecule has 5 heteroatoms. The first-order valence-corrected chi connectivity index (χ1v) is 6.78. The number of carbonyl (C=O) groups excluding carboxylic acids is 2. The zero-order valence-electron chi connectivity index (χ0n) is 11.9. The molecule has 0 radical (unpaired) electrons. The summed E-state index contributed by atoms with van der Waals surface area (Å²) in [6.07, 6.45) is 0.627. The molecule has 0 aliphatic carbocycles. The van der Waals surface area contributed by atoms with E-state index in [2.05, 4.69) is 5.32 Å². The molecule has 2 amide bonds. The first-order chi connectivity index (χ1) is 9.50. The van der Waals surface area contributed by atoms with Crippen LogP contribution in [0.5, 0.6) is 5.75 Å². The molecule has 1 saturated heterocycles. The van der Waals surface area contributed by atoms with Crippen molar-refractivity contribution in [3.05, 3.63) is 30.3 Å². The number of hydrogen-bond acceptors (Lipinski definition) is 4. The zero-order chi connectivity index (χ0) is 14.6. The summed E-state index contributed by atoms with van der Waals surface area (Å²) < 4.78 is 5.55. The predicted molar refractivity (Wildman–Crippen MR) is 75.4 cm³/mol. The molecule has 2 rings (SSSR count). The number of imide groups is 1. The van der Waals surface area contributed by atoms with Gasteiger partial charge >= 0.3 is 0 Å². The Hall–Kier alpha value is -1.88. The van der Waals surface area contributed by atoms with Crippen molar-refractivity contribution in [2.45, 2.75) is 25.8 Å². The van der Waals surface area contributed by atoms with E-state index in [0.29, 0.717) is 19.6 Å². The van der Waals surface area contributed by atoms with Gasteiger partial charge in [0.1, 0.15) is 5.75 Å². The number of piperazine rings is 1. The van der Waals surface area contributed by atoms with Gasteiger partial charge in [-0.1, -0.05) is 18.2 Å². The standard InChI is InChI=1S/C15H20N2O3/c1-15(2)14(19)17(13(18)11-16-15)9-6-10-20-12-7-4-3-5-8-12/h3-5,7-8,16H,6,9-11H2,1-2H3. The van der Waals surface area contributed by atoms with E-state index in [4.69, 9.17) is 4.74 Å². The Bertz CT molecular complexity index is 485. The third kappa shape index (κ3) is 3.36. The van der Waals surface area contributed by atoms with Crippen LogP contribution in [0.25, 0.3) is 0 Å². The first kappa shape index (κ1) is 14.5. The number of nitrogens with one attached hydrogen (secondary N) is 1. The fraction of sp³-hybridized carbons (Fsp3) is 0.467. The lowest BCUT2D eigenvalue weighted by atomic mass is 10.0. The Morgan fingerprint density at radius 2 is 1.95 bits per heavy atom. The van der Waals surface area contributed by atoms with Crippen LogP contribution in [-0.2, 0) is 9.59 Å². The van der Waals surface area contributed by atoms with Crippen LogP contribution in [0.3, 0.4) is 0 Å². The molecule has 0 unspecified atom stereocenters. The van der Waals surface area contributed by atoms with Crippen molar-refractivity contribution in [2.24, 2.45) is 0 Å². The van der Waals surface area contributed by atoms with Crippen LogP contribution in [0, 0.1) is 0 Å². The Kier molecular flexibility index (Phi) is 4.39. The molecule has 1 aliphatic heterocycles. The molecule has 0 bridgehead atoms. The Balaban J connectivity index is 1.81. The summed E-state index contributed by atoms with van der Waals surface area (Å²) in [5, 5.41) is 2.93. The van der Waals surface area contributed by atoms with Crippen LogP contribution in [-0.4, -0.2) is 41.9 Å². The van der Waals surface area contributed by atoms with Crippen LogP contribution in [0.15, 0.2) is 30.3 Å². The molecule has 0 atom stereocenters. The molecule has 0 saturated carbocycles. The SMILES string of the molecule is CC1(C)NCC(=O)N(CCCOc2ccccc2)C1=O. The lowest BCUT2D eigenvalue weighted by Crippen LogP contribution is -2.63. The number of carbonyl (C=O) groups is 2. The minimum Gasteiger partial charge on any atom is -0.494 e. The van der Waals surface area contributed by atoms with Crippen molar-refractivity contribution in [2.75, 3.05) is 19.7 Å². The minimum absolute atomic E-state index is 0.172. The fourth-order valence-corrected chi connectivity index (χ4v) is 2.07.